The smallest absolute Gasteiger partial charge is 0.254 e. The molecule has 26 heavy (non-hydrogen) atoms. The van der Waals surface area contributed by atoms with E-state index in [9.17, 15) is 14.3 Å². The summed E-state index contributed by atoms with van der Waals surface area (Å²) >= 11 is 0. The molecule has 1 heterocycles. The van der Waals surface area contributed by atoms with Gasteiger partial charge in [0.05, 0.1) is 11.7 Å². The van der Waals surface area contributed by atoms with E-state index in [2.05, 4.69) is 28.9 Å². The molecule has 1 amide bonds. The third-order valence-electron chi connectivity index (χ3n) is 4.34. The second-order valence-electron chi connectivity index (χ2n) is 6.41. The number of aliphatic hydroxyl groups is 1. The maximum Gasteiger partial charge on any atom is 0.254 e. The second-order valence-corrected chi connectivity index (χ2v) is 6.41. The molecule has 0 spiro atoms. The molecule has 0 radical (unpaired) electrons. The van der Waals surface area contributed by atoms with Crippen LogP contribution in [0.2, 0.25) is 0 Å². The topological polar surface area (TPSA) is 78.6 Å². The van der Waals surface area contributed by atoms with E-state index in [1.165, 1.54) is 30.2 Å². The van der Waals surface area contributed by atoms with E-state index >= 15 is 0 Å². The van der Waals surface area contributed by atoms with Gasteiger partial charge in [0.2, 0.25) is 0 Å². The highest BCUT2D eigenvalue weighted by Gasteiger charge is 2.19. The lowest BCUT2D eigenvalue weighted by atomic mass is 10.00. The molecule has 6 heteroatoms. The van der Waals surface area contributed by atoms with Crippen LogP contribution in [-0.4, -0.2) is 41.7 Å². The molecule has 1 aliphatic heterocycles. The molecular formula is C20H26FN3O2. The van der Waals surface area contributed by atoms with Crippen LogP contribution in [0.25, 0.3) is 0 Å². The Morgan fingerprint density at radius 2 is 2.15 bits per heavy atom. The fourth-order valence-electron chi connectivity index (χ4n) is 2.93. The van der Waals surface area contributed by atoms with Gasteiger partial charge in [-0.05, 0) is 36.6 Å². The van der Waals surface area contributed by atoms with E-state index in [0.717, 1.165) is 19.5 Å². The summed E-state index contributed by atoms with van der Waals surface area (Å²) in [5.74, 6) is -1.26. The van der Waals surface area contributed by atoms with Crippen molar-refractivity contribution in [3.63, 3.8) is 0 Å². The van der Waals surface area contributed by atoms with E-state index in [1.807, 2.05) is 12.1 Å². The average Bonchev–Trinajstić information content (AvgIpc) is 2.63. The quantitative estimate of drug-likeness (QED) is 0.512. The highest BCUT2D eigenvalue weighted by Crippen LogP contribution is 2.18. The van der Waals surface area contributed by atoms with Crippen molar-refractivity contribution in [3.05, 3.63) is 71.2 Å². The number of amides is 1. The van der Waals surface area contributed by atoms with Gasteiger partial charge in [-0.1, -0.05) is 30.8 Å². The van der Waals surface area contributed by atoms with Crippen LogP contribution in [-0.2, 0) is 17.8 Å². The SMILES string of the molecule is C=C/C(N)=C\C(C(=O)NCC(O)CN1CCc2ccccc2C1)=C(/C)F. The zero-order valence-electron chi connectivity index (χ0n) is 15.0. The molecule has 0 bridgehead atoms. The van der Waals surface area contributed by atoms with Crippen molar-refractivity contribution in [2.45, 2.75) is 26.0 Å². The van der Waals surface area contributed by atoms with E-state index in [4.69, 9.17) is 5.73 Å². The van der Waals surface area contributed by atoms with Gasteiger partial charge in [0, 0.05) is 31.9 Å². The predicted octanol–water partition coefficient (Wildman–Crippen LogP) is 1.79. The first-order valence-corrected chi connectivity index (χ1v) is 8.62. The Morgan fingerprint density at radius 1 is 1.46 bits per heavy atom. The number of fused-ring (bicyclic) bond motifs is 1. The van der Waals surface area contributed by atoms with Gasteiger partial charge in [-0.2, -0.15) is 0 Å². The molecule has 1 aliphatic rings. The molecule has 1 unspecified atom stereocenters. The van der Waals surface area contributed by atoms with Crippen LogP contribution in [0.15, 0.2) is 60.1 Å². The highest BCUT2D eigenvalue weighted by atomic mass is 19.1. The van der Waals surface area contributed by atoms with Crippen molar-refractivity contribution in [3.8, 4) is 0 Å². The minimum absolute atomic E-state index is 0.0373. The molecule has 5 nitrogen and oxygen atoms in total. The van der Waals surface area contributed by atoms with Crippen LogP contribution in [0.5, 0.6) is 0 Å². The highest BCUT2D eigenvalue weighted by molar-refractivity contribution is 5.96. The zero-order chi connectivity index (χ0) is 19.1. The van der Waals surface area contributed by atoms with Crippen LogP contribution in [0.4, 0.5) is 4.39 Å². The van der Waals surface area contributed by atoms with Crippen LogP contribution >= 0.6 is 0 Å². The van der Waals surface area contributed by atoms with Crippen LogP contribution in [0.3, 0.4) is 0 Å². The number of hydrogen-bond acceptors (Lipinski definition) is 4. The maximum atomic E-state index is 13.6. The fraction of sp³-hybridized carbons (Fsp3) is 0.350. The molecule has 0 fully saturated rings. The van der Waals surface area contributed by atoms with Gasteiger partial charge in [-0.15, -0.1) is 0 Å². The van der Waals surface area contributed by atoms with Crippen LogP contribution in [0.1, 0.15) is 18.1 Å². The lowest BCUT2D eigenvalue weighted by Gasteiger charge is -2.30. The Morgan fingerprint density at radius 3 is 2.81 bits per heavy atom. The molecule has 1 aromatic rings. The first-order valence-electron chi connectivity index (χ1n) is 8.62. The number of hydrogen-bond donors (Lipinski definition) is 3. The molecule has 140 valence electrons. The van der Waals surface area contributed by atoms with Gasteiger partial charge in [0.15, 0.2) is 0 Å². The van der Waals surface area contributed by atoms with Gasteiger partial charge in [0.1, 0.15) is 5.83 Å². The third kappa shape index (κ3) is 5.54. The number of nitrogens with one attached hydrogen (secondary N) is 1. The van der Waals surface area contributed by atoms with Crippen LogP contribution < -0.4 is 11.1 Å². The number of aliphatic hydroxyl groups excluding tert-OH is 1. The molecular weight excluding hydrogens is 333 g/mol. The van der Waals surface area contributed by atoms with E-state index in [-0.39, 0.29) is 17.8 Å². The van der Waals surface area contributed by atoms with E-state index < -0.39 is 17.8 Å². The van der Waals surface area contributed by atoms with Crippen molar-refractivity contribution in [2.24, 2.45) is 5.73 Å². The van der Waals surface area contributed by atoms with Crippen molar-refractivity contribution >= 4 is 5.91 Å². The fourth-order valence-corrected chi connectivity index (χ4v) is 2.93. The number of carbonyl (C=O) groups excluding carboxylic acids is 1. The molecule has 0 aliphatic carbocycles. The number of allylic oxidation sites excluding steroid dienone is 2. The first kappa shape index (κ1) is 19.9. The Hall–Kier alpha value is -2.44. The second kappa shape index (κ2) is 9.31. The molecule has 4 N–H and O–H groups in total. The van der Waals surface area contributed by atoms with Gasteiger partial charge >= 0.3 is 0 Å². The summed E-state index contributed by atoms with van der Waals surface area (Å²) in [7, 11) is 0. The number of nitrogens with zero attached hydrogens (tertiary/aromatic N) is 1. The minimum atomic E-state index is -0.744. The predicted molar refractivity (Wildman–Crippen MR) is 101 cm³/mol. The van der Waals surface area contributed by atoms with Gasteiger partial charge in [-0.25, -0.2) is 4.39 Å². The van der Waals surface area contributed by atoms with Crippen molar-refractivity contribution in [1.29, 1.82) is 0 Å². The number of rotatable bonds is 7. The Balaban J connectivity index is 1.87. The molecule has 0 aromatic heterocycles. The van der Waals surface area contributed by atoms with Crippen molar-refractivity contribution in [1.82, 2.24) is 10.2 Å². The monoisotopic (exact) mass is 359 g/mol. The summed E-state index contributed by atoms with van der Waals surface area (Å²) < 4.78 is 13.6. The zero-order valence-corrected chi connectivity index (χ0v) is 15.0. The first-order chi connectivity index (χ1) is 12.4. The largest absolute Gasteiger partial charge is 0.399 e. The van der Waals surface area contributed by atoms with Gasteiger partial charge in [-0.3, -0.25) is 9.69 Å². The Kier molecular flexibility index (Phi) is 7.12. The summed E-state index contributed by atoms with van der Waals surface area (Å²) in [4.78, 5) is 14.3. The summed E-state index contributed by atoms with van der Waals surface area (Å²) in [6.07, 6.45) is 2.76. The molecule has 1 aromatic carbocycles. The van der Waals surface area contributed by atoms with E-state index in [1.54, 1.807) is 0 Å². The average molecular weight is 359 g/mol. The molecule has 0 saturated carbocycles. The molecule has 2 rings (SSSR count). The number of nitrogens with two attached hydrogens (primary N) is 1. The van der Waals surface area contributed by atoms with Crippen LogP contribution in [0, 0.1) is 0 Å². The standard InChI is InChI=1S/C20H26FN3O2/c1-3-17(22)10-19(14(2)21)20(26)23-11-18(25)13-24-9-8-15-6-4-5-7-16(15)12-24/h3-7,10,18,25H,1,8-9,11-13,22H2,2H3,(H,23,26)/b17-10+,19-14-. The molecule has 0 saturated heterocycles. The molecule has 1 atom stereocenters. The number of β-amino-alcohol motifs (C(OH)–C–C–N with tert-alkyl or cyclic N) is 1. The summed E-state index contributed by atoms with van der Waals surface area (Å²) in [6.45, 7) is 6.76. The lowest BCUT2D eigenvalue weighted by molar-refractivity contribution is -0.117. The normalized spacial score (nSPS) is 17.1. The number of benzene rings is 1. The summed E-state index contributed by atoms with van der Waals surface area (Å²) in [6, 6.07) is 8.26. The lowest BCUT2D eigenvalue weighted by Crippen LogP contribution is -2.42. The minimum Gasteiger partial charge on any atom is -0.399 e. The number of carbonyl (C=O) groups is 1. The van der Waals surface area contributed by atoms with Crippen molar-refractivity contribution in [2.75, 3.05) is 19.6 Å². The van der Waals surface area contributed by atoms with Gasteiger partial charge < -0.3 is 16.2 Å². The summed E-state index contributed by atoms with van der Waals surface area (Å²) in [5, 5.41) is 12.8. The summed E-state index contributed by atoms with van der Waals surface area (Å²) in [5.41, 5.74) is 8.20. The van der Waals surface area contributed by atoms with Crippen molar-refractivity contribution < 1.29 is 14.3 Å². The number of halogens is 1. The Bertz CT molecular complexity index is 724. The third-order valence-corrected chi connectivity index (χ3v) is 4.34. The Labute approximate surface area is 153 Å². The maximum absolute atomic E-state index is 13.6. The van der Waals surface area contributed by atoms with E-state index in [0.29, 0.717) is 6.54 Å². The van der Waals surface area contributed by atoms with Gasteiger partial charge in [0.25, 0.3) is 5.91 Å².